The van der Waals surface area contributed by atoms with Gasteiger partial charge < -0.3 is 4.74 Å². The van der Waals surface area contributed by atoms with E-state index in [1.165, 1.54) is 25.7 Å². The molecule has 0 unspecified atom stereocenters. The Morgan fingerprint density at radius 2 is 1.71 bits per heavy atom. The average molecular weight is 236 g/mol. The molecule has 2 nitrogen and oxygen atoms in total. The van der Waals surface area contributed by atoms with Crippen LogP contribution in [0.4, 0.5) is 0 Å². The lowest BCUT2D eigenvalue weighted by Gasteiger charge is -2.05. The number of rotatable bonds is 8. The van der Waals surface area contributed by atoms with Gasteiger partial charge in [-0.1, -0.05) is 39.0 Å². The van der Waals surface area contributed by atoms with E-state index in [1.54, 1.807) is 0 Å². The van der Waals surface area contributed by atoms with Crippen LogP contribution in [0.5, 0.6) is 0 Å². The van der Waals surface area contributed by atoms with E-state index in [0.717, 1.165) is 12.8 Å². The first kappa shape index (κ1) is 14.2. The molecule has 0 fully saturated rings. The highest BCUT2D eigenvalue weighted by Crippen LogP contribution is 2.06. The number of hydrogen-bond acceptors (Lipinski definition) is 4. The monoisotopic (exact) mass is 236 g/mol. The van der Waals surface area contributed by atoms with E-state index >= 15 is 0 Å². The van der Waals surface area contributed by atoms with Gasteiger partial charge in [0.25, 0.3) is 0 Å². The standard InChI is InChI=1S/C10H20O2S2/c1-2-3-4-5-6-7-8-12-9(11)10(13)14/h10,13-14H,2-8H2,1H3. The van der Waals surface area contributed by atoms with Gasteiger partial charge >= 0.3 is 5.97 Å². The maximum absolute atomic E-state index is 10.9. The summed E-state index contributed by atoms with van der Waals surface area (Å²) in [6.07, 6.45) is 7.16. The second kappa shape index (κ2) is 9.71. The number of hydrogen-bond donors (Lipinski definition) is 2. The van der Waals surface area contributed by atoms with Gasteiger partial charge in [0.2, 0.25) is 0 Å². The number of carbonyl (C=O) groups is 1. The molecule has 0 aliphatic carbocycles. The Labute approximate surface area is 97.6 Å². The molecule has 0 aromatic rings. The maximum Gasteiger partial charge on any atom is 0.328 e. The topological polar surface area (TPSA) is 26.3 Å². The summed E-state index contributed by atoms with van der Waals surface area (Å²) in [6.45, 7) is 2.70. The van der Waals surface area contributed by atoms with Crippen LogP contribution in [0.2, 0.25) is 0 Å². The third-order valence-corrected chi connectivity index (χ3v) is 2.37. The Kier molecular flexibility index (Phi) is 9.83. The molecule has 14 heavy (non-hydrogen) atoms. The molecule has 0 saturated heterocycles. The molecule has 0 aromatic carbocycles. The molecule has 0 saturated carbocycles. The van der Waals surface area contributed by atoms with Gasteiger partial charge in [-0.15, -0.1) is 0 Å². The van der Waals surface area contributed by atoms with Crippen LogP contribution in [-0.4, -0.2) is 17.2 Å². The minimum Gasteiger partial charge on any atom is -0.464 e. The number of thiol groups is 2. The normalized spacial score (nSPS) is 10.6. The first-order chi connectivity index (χ1) is 6.68. The molecular weight excluding hydrogens is 216 g/mol. The zero-order chi connectivity index (χ0) is 10.8. The van der Waals surface area contributed by atoms with E-state index in [0.29, 0.717) is 6.61 Å². The van der Waals surface area contributed by atoms with Crippen LogP contribution in [0.25, 0.3) is 0 Å². The third kappa shape index (κ3) is 8.75. The van der Waals surface area contributed by atoms with Crippen molar-refractivity contribution in [2.75, 3.05) is 6.61 Å². The van der Waals surface area contributed by atoms with Crippen LogP contribution in [0.3, 0.4) is 0 Å². The fourth-order valence-corrected chi connectivity index (χ4v) is 1.28. The summed E-state index contributed by atoms with van der Waals surface area (Å²) in [7, 11) is 0. The van der Waals surface area contributed by atoms with Crippen molar-refractivity contribution in [1.82, 2.24) is 0 Å². The quantitative estimate of drug-likeness (QED) is 0.293. The lowest BCUT2D eigenvalue weighted by molar-refractivity contribution is -0.141. The molecule has 84 valence electrons. The molecule has 0 heterocycles. The Morgan fingerprint density at radius 3 is 2.29 bits per heavy atom. The maximum atomic E-state index is 10.9. The van der Waals surface area contributed by atoms with Crippen LogP contribution in [0.1, 0.15) is 45.4 Å². The number of ether oxygens (including phenoxy) is 1. The van der Waals surface area contributed by atoms with Crippen LogP contribution >= 0.6 is 25.3 Å². The smallest absolute Gasteiger partial charge is 0.328 e. The predicted octanol–water partition coefficient (Wildman–Crippen LogP) is 3.08. The summed E-state index contributed by atoms with van der Waals surface area (Å²) < 4.78 is 4.32. The number of carbonyl (C=O) groups excluding carboxylic acids is 1. The van der Waals surface area contributed by atoms with E-state index in [-0.39, 0.29) is 5.97 Å². The van der Waals surface area contributed by atoms with Crippen molar-refractivity contribution in [3.8, 4) is 0 Å². The molecule has 0 N–H and O–H groups in total. The predicted molar refractivity (Wildman–Crippen MR) is 66.1 cm³/mol. The fraction of sp³-hybridized carbons (Fsp3) is 0.900. The van der Waals surface area contributed by atoms with Crippen molar-refractivity contribution in [2.45, 2.75) is 50.0 Å². The van der Waals surface area contributed by atoms with Crippen molar-refractivity contribution >= 4 is 31.2 Å². The highest BCUT2D eigenvalue weighted by molar-refractivity contribution is 8.00. The van der Waals surface area contributed by atoms with Crippen molar-refractivity contribution in [3.05, 3.63) is 0 Å². The minimum absolute atomic E-state index is 0.342. The molecule has 0 radical (unpaired) electrons. The van der Waals surface area contributed by atoms with E-state index < -0.39 is 4.58 Å². The largest absolute Gasteiger partial charge is 0.464 e. The molecule has 0 amide bonds. The zero-order valence-electron chi connectivity index (χ0n) is 8.74. The third-order valence-electron chi connectivity index (χ3n) is 1.95. The number of unbranched alkanes of at least 4 members (excludes halogenated alkanes) is 5. The summed E-state index contributed by atoms with van der Waals surface area (Å²) in [6, 6.07) is 0. The van der Waals surface area contributed by atoms with Gasteiger partial charge in [0.05, 0.1) is 6.61 Å². The summed E-state index contributed by atoms with van der Waals surface area (Å²) >= 11 is 7.71. The lowest BCUT2D eigenvalue weighted by atomic mass is 10.1. The van der Waals surface area contributed by atoms with E-state index in [2.05, 4.69) is 32.2 Å². The molecule has 0 bridgehead atoms. The zero-order valence-corrected chi connectivity index (χ0v) is 10.5. The molecule has 0 spiro atoms. The summed E-state index contributed by atoms with van der Waals surface area (Å²) in [5.74, 6) is -0.342. The molecule has 0 rings (SSSR count). The van der Waals surface area contributed by atoms with Gasteiger partial charge in [0, 0.05) is 0 Å². The van der Waals surface area contributed by atoms with Crippen LogP contribution < -0.4 is 0 Å². The second-order valence-corrected chi connectivity index (χ2v) is 4.75. The van der Waals surface area contributed by atoms with E-state index in [4.69, 9.17) is 4.74 Å². The molecule has 4 heteroatoms. The van der Waals surface area contributed by atoms with Crippen molar-refractivity contribution in [3.63, 3.8) is 0 Å². The Morgan fingerprint density at radius 1 is 1.14 bits per heavy atom. The van der Waals surface area contributed by atoms with Crippen molar-refractivity contribution in [1.29, 1.82) is 0 Å². The lowest BCUT2D eigenvalue weighted by Crippen LogP contribution is -2.13. The first-order valence-corrected chi connectivity index (χ1v) is 6.24. The van der Waals surface area contributed by atoms with Gasteiger partial charge in [0.1, 0.15) is 4.58 Å². The Bertz CT molecular complexity index is 149. The van der Waals surface area contributed by atoms with Crippen LogP contribution in [0, 0.1) is 0 Å². The average Bonchev–Trinajstić information content (AvgIpc) is 2.16. The van der Waals surface area contributed by atoms with Gasteiger partial charge in [0.15, 0.2) is 0 Å². The highest BCUT2D eigenvalue weighted by Gasteiger charge is 2.08. The van der Waals surface area contributed by atoms with Crippen LogP contribution in [-0.2, 0) is 9.53 Å². The van der Waals surface area contributed by atoms with Gasteiger partial charge in [-0.2, -0.15) is 25.3 Å². The van der Waals surface area contributed by atoms with Crippen molar-refractivity contribution < 1.29 is 9.53 Å². The molecule has 0 aliphatic heterocycles. The van der Waals surface area contributed by atoms with Gasteiger partial charge in [-0.3, -0.25) is 0 Å². The Hall–Kier alpha value is 0.170. The van der Waals surface area contributed by atoms with E-state index in [1.807, 2.05) is 0 Å². The summed E-state index contributed by atoms with van der Waals surface area (Å²) in [4.78, 5) is 10.9. The fourth-order valence-electron chi connectivity index (χ4n) is 1.13. The van der Waals surface area contributed by atoms with Crippen LogP contribution in [0.15, 0.2) is 0 Å². The number of esters is 1. The van der Waals surface area contributed by atoms with Gasteiger partial charge in [-0.25, -0.2) is 4.79 Å². The summed E-state index contributed by atoms with van der Waals surface area (Å²) in [5, 5.41) is 0. The SMILES string of the molecule is CCCCCCCCOC(=O)C(S)S. The molecular formula is C10H20O2S2. The molecule has 0 atom stereocenters. The molecule has 0 aromatic heterocycles. The molecule has 0 aliphatic rings. The first-order valence-electron chi connectivity index (χ1n) is 5.21. The highest BCUT2D eigenvalue weighted by atomic mass is 32.2. The van der Waals surface area contributed by atoms with Crippen molar-refractivity contribution in [2.24, 2.45) is 0 Å². The summed E-state index contributed by atoms with van der Waals surface area (Å²) in [5.41, 5.74) is 0. The van der Waals surface area contributed by atoms with E-state index in [9.17, 15) is 4.79 Å². The minimum atomic E-state index is -0.602. The van der Waals surface area contributed by atoms with Gasteiger partial charge in [-0.05, 0) is 6.42 Å². The Balaban J connectivity index is 3.10. The second-order valence-electron chi connectivity index (χ2n) is 3.31.